The molecule has 176 valence electrons. The van der Waals surface area contributed by atoms with Crippen LogP contribution in [-0.4, -0.2) is 69.7 Å². The fourth-order valence-electron chi connectivity index (χ4n) is 5.45. The fraction of sp³-hybridized carbons (Fsp3) is 0.462. The molecule has 0 saturated carbocycles. The van der Waals surface area contributed by atoms with Gasteiger partial charge in [0.2, 0.25) is 5.91 Å². The molecule has 0 aromatic heterocycles. The van der Waals surface area contributed by atoms with E-state index in [0.29, 0.717) is 36.7 Å². The highest BCUT2D eigenvalue weighted by Gasteiger charge is 2.41. The first-order chi connectivity index (χ1) is 16.0. The minimum absolute atomic E-state index is 0.398. The van der Waals surface area contributed by atoms with Crippen LogP contribution in [0.1, 0.15) is 53.1 Å². The predicted molar refractivity (Wildman–Crippen MR) is 125 cm³/mol. The van der Waals surface area contributed by atoms with E-state index in [4.69, 9.17) is 5.73 Å². The van der Waals surface area contributed by atoms with Crippen molar-refractivity contribution >= 4 is 11.8 Å². The first kappa shape index (κ1) is 23.4. The van der Waals surface area contributed by atoms with Crippen LogP contribution in [0.2, 0.25) is 0 Å². The average Bonchev–Trinajstić information content (AvgIpc) is 3.07. The summed E-state index contributed by atoms with van der Waals surface area (Å²) in [5.74, 6) is -0.436. The molecule has 2 fully saturated rings. The average molecular weight is 452 g/mol. The van der Waals surface area contributed by atoms with E-state index < -0.39 is 24.5 Å². The Morgan fingerprint density at radius 3 is 2.39 bits per heavy atom. The van der Waals surface area contributed by atoms with Crippen molar-refractivity contribution in [3.05, 3.63) is 71.3 Å². The Morgan fingerprint density at radius 2 is 1.76 bits per heavy atom. The van der Waals surface area contributed by atoms with E-state index in [1.54, 1.807) is 11.0 Å². The quantitative estimate of drug-likeness (QED) is 0.540. The van der Waals surface area contributed by atoms with Crippen LogP contribution in [-0.2, 0) is 11.3 Å². The van der Waals surface area contributed by atoms with Gasteiger partial charge in [0.1, 0.15) is 0 Å². The topological polar surface area (TPSA) is 107 Å². The summed E-state index contributed by atoms with van der Waals surface area (Å²) >= 11 is 0. The van der Waals surface area contributed by atoms with Crippen LogP contribution in [0, 0.1) is 0 Å². The molecular weight excluding hydrogens is 418 g/mol. The van der Waals surface area contributed by atoms with Gasteiger partial charge in [0.25, 0.3) is 5.91 Å². The summed E-state index contributed by atoms with van der Waals surface area (Å²) in [5, 5.41) is 19.2. The lowest BCUT2D eigenvalue weighted by Gasteiger charge is -2.40. The minimum Gasteiger partial charge on any atom is -0.393 e. The standard InChI is InChI=1S/C26H33N3O4/c27-25(32)20-8-4-7-19(13-20)21-14-22-9-10-23(15-21)29(22)12-11-28(26(33)24(31)17-30)16-18-5-2-1-3-6-18/h1-8,13,21-24,30-31H,9-12,14-17H2,(H2,27,32)/t21-,22+,23-,24-/m0/s1. The number of carbonyl (C=O) groups excluding carboxylic acids is 2. The van der Waals surface area contributed by atoms with Crippen molar-refractivity contribution in [1.82, 2.24) is 9.80 Å². The van der Waals surface area contributed by atoms with Crippen LogP contribution in [0.15, 0.2) is 54.6 Å². The van der Waals surface area contributed by atoms with Crippen molar-refractivity contribution in [3.8, 4) is 0 Å². The number of nitrogens with two attached hydrogens (primary N) is 1. The van der Waals surface area contributed by atoms with Crippen LogP contribution in [0.25, 0.3) is 0 Å². The number of rotatable bonds is 9. The fourth-order valence-corrected chi connectivity index (χ4v) is 5.45. The highest BCUT2D eigenvalue weighted by Crippen LogP contribution is 2.43. The van der Waals surface area contributed by atoms with E-state index in [1.165, 1.54) is 5.56 Å². The first-order valence-corrected chi connectivity index (χ1v) is 11.7. The van der Waals surface area contributed by atoms with Crippen molar-refractivity contribution in [2.24, 2.45) is 5.73 Å². The maximum Gasteiger partial charge on any atom is 0.254 e. The largest absolute Gasteiger partial charge is 0.393 e. The molecule has 2 heterocycles. The Hall–Kier alpha value is -2.74. The zero-order chi connectivity index (χ0) is 23.4. The minimum atomic E-state index is -1.39. The number of hydrogen-bond donors (Lipinski definition) is 3. The lowest BCUT2D eigenvalue weighted by atomic mass is 9.84. The number of fused-ring (bicyclic) bond motifs is 2. The van der Waals surface area contributed by atoms with Crippen LogP contribution in [0.4, 0.5) is 0 Å². The van der Waals surface area contributed by atoms with E-state index in [0.717, 1.165) is 37.8 Å². The number of piperidine rings is 1. The maximum absolute atomic E-state index is 12.7. The molecule has 7 heteroatoms. The maximum atomic E-state index is 12.7. The summed E-state index contributed by atoms with van der Waals surface area (Å²) in [6.45, 7) is 1.06. The number of nitrogens with zero attached hydrogens (tertiary/aromatic N) is 2. The number of amides is 2. The Morgan fingerprint density at radius 1 is 1.06 bits per heavy atom. The molecule has 2 saturated heterocycles. The van der Waals surface area contributed by atoms with Gasteiger partial charge >= 0.3 is 0 Å². The first-order valence-electron chi connectivity index (χ1n) is 11.7. The molecule has 2 amide bonds. The monoisotopic (exact) mass is 451 g/mol. The van der Waals surface area contributed by atoms with Gasteiger partial charge in [0, 0.05) is 37.3 Å². The summed E-state index contributed by atoms with van der Waals surface area (Å²) in [6, 6.07) is 18.3. The number of benzene rings is 2. The number of aliphatic hydroxyl groups is 2. The second-order valence-corrected chi connectivity index (χ2v) is 9.22. The van der Waals surface area contributed by atoms with Crippen LogP contribution in [0.5, 0.6) is 0 Å². The molecule has 4 atom stereocenters. The Bertz CT molecular complexity index is 953. The van der Waals surface area contributed by atoms with Gasteiger partial charge in [0.15, 0.2) is 6.10 Å². The molecule has 0 aliphatic carbocycles. The zero-order valence-electron chi connectivity index (χ0n) is 18.8. The highest BCUT2D eigenvalue weighted by molar-refractivity contribution is 5.92. The zero-order valence-corrected chi connectivity index (χ0v) is 18.8. The van der Waals surface area contributed by atoms with Crippen molar-refractivity contribution in [2.75, 3.05) is 19.7 Å². The number of hydrogen-bond acceptors (Lipinski definition) is 5. The molecule has 4 N–H and O–H groups in total. The molecular formula is C26H33N3O4. The normalized spacial score (nSPS) is 23.3. The second kappa shape index (κ2) is 10.5. The van der Waals surface area contributed by atoms with Gasteiger partial charge in [-0.15, -0.1) is 0 Å². The molecule has 2 aliphatic rings. The third kappa shape index (κ3) is 5.43. The van der Waals surface area contributed by atoms with Crippen LogP contribution < -0.4 is 5.73 Å². The van der Waals surface area contributed by atoms with E-state index in [1.807, 2.05) is 42.5 Å². The number of carbonyl (C=O) groups is 2. The summed E-state index contributed by atoms with van der Waals surface area (Å²) < 4.78 is 0. The van der Waals surface area contributed by atoms with Gasteiger partial charge in [0.05, 0.1) is 6.61 Å². The molecule has 4 rings (SSSR count). The highest BCUT2D eigenvalue weighted by atomic mass is 16.3. The van der Waals surface area contributed by atoms with E-state index in [9.17, 15) is 19.8 Å². The smallest absolute Gasteiger partial charge is 0.254 e. The summed E-state index contributed by atoms with van der Waals surface area (Å²) in [5.41, 5.74) is 8.19. The van der Waals surface area contributed by atoms with E-state index in [2.05, 4.69) is 11.0 Å². The van der Waals surface area contributed by atoms with Gasteiger partial charge in [-0.1, -0.05) is 42.5 Å². The third-order valence-corrected chi connectivity index (χ3v) is 7.14. The lowest BCUT2D eigenvalue weighted by molar-refractivity contribution is -0.143. The lowest BCUT2D eigenvalue weighted by Crippen LogP contribution is -2.48. The predicted octanol–water partition coefficient (Wildman–Crippen LogP) is 1.88. The molecule has 7 nitrogen and oxygen atoms in total. The van der Waals surface area contributed by atoms with E-state index >= 15 is 0 Å². The summed E-state index contributed by atoms with van der Waals surface area (Å²) in [4.78, 5) is 28.5. The molecule has 2 aromatic rings. The molecule has 0 radical (unpaired) electrons. The summed E-state index contributed by atoms with van der Waals surface area (Å²) in [6.07, 6.45) is 2.90. The van der Waals surface area contributed by atoms with Crippen LogP contribution >= 0.6 is 0 Å². The van der Waals surface area contributed by atoms with Crippen molar-refractivity contribution in [2.45, 2.75) is 56.3 Å². The third-order valence-electron chi connectivity index (χ3n) is 7.14. The Kier molecular flexibility index (Phi) is 7.42. The molecule has 2 aliphatic heterocycles. The van der Waals surface area contributed by atoms with Gasteiger partial charge < -0.3 is 20.8 Å². The van der Waals surface area contributed by atoms with Gasteiger partial charge in [-0.05, 0) is 54.9 Å². The van der Waals surface area contributed by atoms with Gasteiger partial charge in [-0.2, -0.15) is 0 Å². The van der Waals surface area contributed by atoms with E-state index in [-0.39, 0.29) is 0 Å². The SMILES string of the molecule is NC(=O)c1cccc([C@H]2C[C@H]3CC[C@@H](C2)N3CCN(Cc2ccccc2)C(=O)[C@@H](O)CO)c1. The van der Waals surface area contributed by atoms with Gasteiger partial charge in [-0.25, -0.2) is 0 Å². The Labute approximate surface area is 194 Å². The molecule has 33 heavy (non-hydrogen) atoms. The number of aliphatic hydroxyl groups excluding tert-OH is 2. The summed E-state index contributed by atoms with van der Waals surface area (Å²) in [7, 11) is 0. The Balaban J connectivity index is 1.42. The molecule has 0 unspecified atom stereocenters. The van der Waals surface area contributed by atoms with Gasteiger partial charge in [-0.3, -0.25) is 14.5 Å². The molecule has 2 bridgehead atoms. The van der Waals surface area contributed by atoms with Crippen molar-refractivity contribution < 1.29 is 19.8 Å². The van der Waals surface area contributed by atoms with Crippen molar-refractivity contribution in [1.29, 1.82) is 0 Å². The molecule has 2 aromatic carbocycles. The second-order valence-electron chi connectivity index (χ2n) is 9.22. The molecule has 0 spiro atoms. The number of primary amides is 1. The van der Waals surface area contributed by atoms with Crippen LogP contribution in [0.3, 0.4) is 0 Å². The van der Waals surface area contributed by atoms with Crippen molar-refractivity contribution in [3.63, 3.8) is 0 Å².